The van der Waals surface area contributed by atoms with Crippen LogP contribution in [0.1, 0.15) is 46.7 Å². The van der Waals surface area contributed by atoms with Crippen molar-refractivity contribution in [2.75, 3.05) is 4.90 Å². The summed E-state index contributed by atoms with van der Waals surface area (Å²) in [4.78, 5) is 19.3. The van der Waals surface area contributed by atoms with E-state index in [2.05, 4.69) is 13.5 Å². The molecule has 1 aliphatic rings. The van der Waals surface area contributed by atoms with Crippen LogP contribution in [0.3, 0.4) is 0 Å². The molecule has 0 spiro atoms. The first-order valence-electron chi connectivity index (χ1n) is 9.17. The normalized spacial score (nSPS) is 15.6. The molecule has 0 fully saturated rings. The van der Waals surface area contributed by atoms with Crippen LogP contribution in [0, 0.1) is 0 Å². The molecule has 0 radical (unpaired) electrons. The Labute approximate surface area is 181 Å². The summed E-state index contributed by atoms with van der Waals surface area (Å²) in [6, 6.07) is 17.8. The quantitative estimate of drug-likeness (QED) is 0.387. The Bertz CT molecular complexity index is 790. The fraction of sp³-hybridized carbons (Fsp3) is 0.304. The van der Waals surface area contributed by atoms with Gasteiger partial charge in [0, 0.05) is 18.6 Å². The molecule has 146 valence electrons. The number of amides is 1. The molecule has 0 aliphatic carbocycles. The second kappa shape index (κ2) is 11.0. The Balaban J connectivity index is 0.00000111. The van der Waals surface area contributed by atoms with Gasteiger partial charge in [-0.15, -0.1) is 30.6 Å². The molecule has 4 heteroatoms. The molecule has 3 rings (SSSR count). The zero-order chi connectivity index (χ0) is 19.1. The number of hydrogen-bond acceptors (Lipinski definition) is 2. The van der Waals surface area contributed by atoms with Gasteiger partial charge in [0.15, 0.2) is 0 Å². The number of fused-ring (bicyclic) bond motifs is 1. The highest BCUT2D eigenvalue weighted by Crippen LogP contribution is 2.29. The van der Waals surface area contributed by atoms with Gasteiger partial charge in [-0.25, -0.2) is 0 Å². The predicted octanol–water partition coefficient (Wildman–Crippen LogP) is 6.11. The Morgan fingerprint density at radius 3 is 2.26 bits per heavy atom. The topological polar surface area (TPSA) is 32.7 Å². The van der Waals surface area contributed by atoms with Crippen molar-refractivity contribution in [1.29, 1.82) is 0 Å². The first kappa shape index (κ1) is 23.1. The van der Waals surface area contributed by atoms with E-state index in [0.29, 0.717) is 0 Å². The van der Waals surface area contributed by atoms with Crippen LogP contribution in [-0.2, 0) is 4.79 Å². The van der Waals surface area contributed by atoms with Crippen molar-refractivity contribution in [1.82, 2.24) is 0 Å². The van der Waals surface area contributed by atoms with Crippen molar-refractivity contribution in [3.05, 3.63) is 78.4 Å². The zero-order valence-corrected chi connectivity index (χ0v) is 18.9. The van der Waals surface area contributed by atoms with Crippen molar-refractivity contribution < 1.29 is 6.22 Å². The van der Waals surface area contributed by atoms with Crippen LogP contribution in [0.5, 0.6) is 0 Å². The number of benzodiazepines with no additional fused rings is 1. The second-order valence-electron chi connectivity index (χ2n) is 6.54. The molecule has 0 N–H and O–H groups in total. The molecule has 1 unspecified atom stereocenters. The van der Waals surface area contributed by atoms with E-state index in [0.717, 1.165) is 28.9 Å². The van der Waals surface area contributed by atoms with Crippen molar-refractivity contribution in [2.24, 2.45) is 4.99 Å². The van der Waals surface area contributed by atoms with E-state index in [1.165, 1.54) is 0 Å². The van der Waals surface area contributed by atoms with Crippen LogP contribution >= 0.6 is 24.0 Å². The molecule has 2 aromatic carbocycles. The molecule has 0 saturated heterocycles. The summed E-state index contributed by atoms with van der Waals surface area (Å²) < 4.78 is 0. The highest BCUT2D eigenvalue weighted by molar-refractivity contribution is 14.0. The van der Waals surface area contributed by atoms with Crippen molar-refractivity contribution >= 4 is 41.3 Å². The third-order valence-corrected chi connectivity index (χ3v) is 4.19. The number of halogens is 1. The minimum Gasteiger partial charge on any atom is -0.307 e. The molecule has 1 heterocycles. The number of rotatable bonds is 3. The Morgan fingerprint density at radius 1 is 1.15 bits per heavy atom. The maximum Gasteiger partial charge on any atom is 0.251 e. The van der Waals surface area contributed by atoms with E-state index in [-0.39, 0.29) is 43.4 Å². The highest BCUT2D eigenvalue weighted by atomic mass is 127. The Morgan fingerprint density at radius 2 is 1.70 bits per heavy atom. The number of benzene rings is 2. The number of carbonyl (C=O) groups excluding carboxylic acids is 1. The largest absolute Gasteiger partial charge is 0.307 e. The molecule has 3 nitrogen and oxygen atoms in total. The lowest BCUT2D eigenvalue weighted by Crippen LogP contribution is -2.41. The molecule has 2 aromatic rings. The van der Waals surface area contributed by atoms with Crippen LogP contribution in [0.15, 0.2) is 72.2 Å². The molecular formula is C23H31IN2O. The summed E-state index contributed by atoms with van der Waals surface area (Å²) in [7, 11) is 0. The summed E-state index contributed by atoms with van der Waals surface area (Å²) in [5.41, 5.74) is 3.88. The second-order valence-corrected chi connectivity index (χ2v) is 6.54. The first-order valence-corrected chi connectivity index (χ1v) is 9.17. The smallest absolute Gasteiger partial charge is 0.251 e. The predicted molar refractivity (Wildman–Crippen MR) is 129 cm³/mol. The maximum absolute atomic E-state index is 12.7. The van der Waals surface area contributed by atoms with E-state index < -0.39 is 0 Å². The summed E-state index contributed by atoms with van der Waals surface area (Å²) in [5.74, 6) is 0.0494. The minimum atomic E-state index is -0.384. The lowest BCUT2D eigenvalue weighted by molar-refractivity contribution is -0.119. The van der Waals surface area contributed by atoms with Gasteiger partial charge in [-0.1, -0.05) is 61.5 Å². The van der Waals surface area contributed by atoms with Crippen molar-refractivity contribution in [2.45, 2.75) is 46.2 Å². The molecule has 1 atom stereocenters. The molecule has 1 aliphatic heterocycles. The summed E-state index contributed by atoms with van der Waals surface area (Å²) in [6.07, 6.45) is 2.96. The van der Waals surface area contributed by atoms with E-state index in [4.69, 9.17) is 4.99 Å². The SMILES string of the molecule is C=CCC.CC1N=C(c2ccccc2)c2ccccc2N(C(C)C)C1=O.I.[HH]. The number of allylic oxidation sites excluding steroid dienone is 1. The van der Waals surface area contributed by atoms with E-state index >= 15 is 0 Å². The number of nitrogens with zero attached hydrogens (tertiary/aromatic N) is 2. The van der Waals surface area contributed by atoms with E-state index in [9.17, 15) is 4.79 Å². The Hall–Kier alpha value is -1.95. The van der Waals surface area contributed by atoms with Crippen LogP contribution < -0.4 is 4.90 Å². The van der Waals surface area contributed by atoms with Gasteiger partial charge in [0.1, 0.15) is 6.04 Å². The van der Waals surface area contributed by atoms with Gasteiger partial charge in [0.2, 0.25) is 0 Å². The van der Waals surface area contributed by atoms with E-state index in [1.54, 1.807) is 0 Å². The number of hydrogen-bond donors (Lipinski definition) is 0. The average molecular weight is 478 g/mol. The number of anilines is 1. The van der Waals surface area contributed by atoms with Crippen molar-refractivity contribution in [3.63, 3.8) is 0 Å². The number of para-hydroxylation sites is 1. The van der Waals surface area contributed by atoms with Crippen LogP contribution in [0.25, 0.3) is 0 Å². The molecular weight excluding hydrogens is 447 g/mol. The van der Waals surface area contributed by atoms with Crippen LogP contribution in [0.4, 0.5) is 5.69 Å². The van der Waals surface area contributed by atoms with Crippen molar-refractivity contribution in [3.8, 4) is 0 Å². The Kier molecular flexibility index (Phi) is 9.43. The van der Waals surface area contributed by atoms with Gasteiger partial charge in [0.05, 0.1) is 11.4 Å². The standard InChI is InChI=1S/C19H20N2O.C4H8.HI.H2/c1-13(2)21-17-12-8-7-11-16(17)18(20-14(3)19(21)22)15-9-5-4-6-10-15;1-3-4-2;;/h4-14H,1-3H3;3H,1,4H2,2H3;2*1H. The fourth-order valence-electron chi connectivity index (χ4n) is 2.88. The number of carbonyl (C=O) groups is 1. The highest BCUT2D eigenvalue weighted by Gasteiger charge is 2.30. The molecule has 27 heavy (non-hydrogen) atoms. The fourth-order valence-corrected chi connectivity index (χ4v) is 2.88. The first-order chi connectivity index (χ1) is 12.5. The summed E-state index contributed by atoms with van der Waals surface area (Å²) in [5, 5.41) is 0. The van der Waals surface area contributed by atoms with Gasteiger partial charge in [-0.3, -0.25) is 9.79 Å². The van der Waals surface area contributed by atoms with Gasteiger partial charge >= 0.3 is 0 Å². The van der Waals surface area contributed by atoms with Crippen LogP contribution in [-0.4, -0.2) is 23.7 Å². The zero-order valence-electron chi connectivity index (χ0n) is 16.6. The average Bonchev–Trinajstić information content (AvgIpc) is 2.77. The summed E-state index contributed by atoms with van der Waals surface area (Å²) in [6.45, 7) is 11.5. The third-order valence-electron chi connectivity index (χ3n) is 4.19. The monoisotopic (exact) mass is 478 g/mol. The van der Waals surface area contributed by atoms with Gasteiger partial charge in [0.25, 0.3) is 5.91 Å². The van der Waals surface area contributed by atoms with Gasteiger partial charge in [-0.2, -0.15) is 0 Å². The third kappa shape index (κ3) is 5.51. The van der Waals surface area contributed by atoms with Gasteiger partial charge < -0.3 is 4.90 Å². The minimum absolute atomic E-state index is 0. The summed E-state index contributed by atoms with van der Waals surface area (Å²) >= 11 is 0. The van der Waals surface area contributed by atoms with Gasteiger partial charge in [-0.05, 0) is 33.3 Å². The molecule has 0 saturated carbocycles. The van der Waals surface area contributed by atoms with E-state index in [1.807, 2.05) is 86.3 Å². The maximum atomic E-state index is 12.7. The lowest BCUT2D eigenvalue weighted by atomic mass is 10.00. The molecule has 0 aromatic heterocycles. The lowest BCUT2D eigenvalue weighted by Gasteiger charge is -2.28. The molecule has 0 bridgehead atoms. The number of aliphatic imine (C=N–C) groups is 1. The van der Waals surface area contributed by atoms with Crippen LogP contribution in [0.2, 0.25) is 0 Å². The molecule has 1 amide bonds.